The fourth-order valence-electron chi connectivity index (χ4n) is 7.85. The molecule has 0 bridgehead atoms. The van der Waals surface area contributed by atoms with Gasteiger partial charge >= 0.3 is 11.9 Å². The van der Waals surface area contributed by atoms with Gasteiger partial charge in [0, 0.05) is 0 Å². The average molecular weight is 795 g/mol. The number of hydrogen-bond acceptors (Lipinski definition) is 4. The zero-order chi connectivity index (χ0) is 42.5. The summed E-state index contributed by atoms with van der Waals surface area (Å²) < 4.78 is 14.1. The molecule has 0 aliphatic carbocycles. The third-order valence-electron chi connectivity index (χ3n) is 11.8. The lowest BCUT2D eigenvalue weighted by atomic mass is 10.0. The van der Waals surface area contributed by atoms with Crippen molar-refractivity contribution in [2.75, 3.05) is 81.6 Å². The molecule has 0 saturated heterocycles. The highest BCUT2D eigenvalue weighted by atomic mass is 16.5. The SMILES string of the molecule is Cc1ccc(C(C)C)c(OC(=O)C[N+](C)(C)CCCCCCCCCC[N+](C)(C)CCCCCCCCCC[N+](C)(C)CC(=O)Oc2cc(C(C)C)ccc2C)c1. The van der Waals surface area contributed by atoms with Crippen LogP contribution in [0.1, 0.15) is 165 Å². The number of hydrogen-bond donors (Lipinski definition) is 0. The predicted molar refractivity (Wildman–Crippen MR) is 241 cm³/mol. The number of aryl methyl sites for hydroxylation is 2. The van der Waals surface area contributed by atoms with Crippen LogP contribution in [0.4, 0.5) is 0 Å². The van der Waals surface area contributed by atoms with Gasteiger partial charge < -0.3 is 22.9 Å². The van der Waals surface area contributed by atoms with Crippen molar-refractivity contribution in [3.05, 3.63) is 58.7 Å². The lowest BCUT2D eigenvalue weighted by molar-refractivity contribution is -0.890. The van der Waals surface area contributed by atoms with Crippen molar-refractivity contribution in [1.29, 1.82) is 0 Å². The molecule has 324 valence electrons. The summed E-state index contributed by atoms with van der Waals surface area (Å²) in [7, 11) is 13.4. The number of benzene rings is 2. The number of nitrogens with zero attached hydrogens (tertiary/aromatic N) is 3. The molecule has 0 spiro atoms. The van der Waals surface area contributed by atoms with E-state index in [-0.39, 0.29) is 11.9 Å². The first-order valence-electron chi connectivity index (χ1n) is 22.9. The molecule has 0 aromatic heterocycles. The summed E-state index contributed by atoms with van der Waals surface area (Å²) in [4.78, 5) is 25.6. The first-order valence-corrected chi connectivity index (χ1v) is 22.9. The van der Waals surface area contributed by atoms with Gasteiger partial charge in [-0.05, 0) is 111 Å². The molecular weight excluding hydrogens is 707 g/mol. The number of likely N-dealkylation sites (N-methyl/N-ethyl adjacent to an activating group) is 2. The van der Waals surface area contributed by atoms with Crippen molar-refractivity contribution >= 4 is 11.9 Å². The van der Waals surface area contributed by atoms with Crippen LogP contribution in [0, 0.1) is 13.8 Å². The molecule has 0 atom stereocenters. The van der Waals surface area contributed by atoms with Crippen molar-refractivity contribution in [3.63, 3.8) is 0 Å². The molecule has 0 amide bonds. The van der Waals surface area contributed by atoms with Crippen LogP contribution >= 0.6 is 0 Å². The topological polar surface area (TPSA) is 52.6 Å². The Morgan fingerprint density at radius 1 is 0.474 bits per heavy atom. The van der Waals surface area contributed by atoms with E-state index in [4.69, 9.17) is 9.47 Å². The van der Waals surface area contributed by atoms with Gasteiger partial charge in [0.15, 0.2) is 13.1 Å². The Kier molecular flexibility index (Phi) is 22.7. The Morgan fingerprint density at radius 2 is 0.860 bits per heavy atom. The molecule has 2 aromatic rings. The third-order valence-corrected chi connectivity index (χ3v) is 11.8. The summed E-state index contributed by atoms with van der Waals surface area (Å²) in [5.74, 6) is 1.87. The Morgan fingerprint density at radius 3 is 1.26 bits per heavy atom. The maximum absolute atomic E-state index is 12.8. The summed E-state index contributed by atoms with van der Waals surface area (Å²) in [6.45, 7) is 18.0. The number of carbonyl (C=O) groups is 2. The standard InChI is InChI=1S/C50H88N3O4/c1-41(2)45-31-30-44(6)47(38-45)56-49(54)39-52(9,10)35-27-23-19-15-13-17-21-25-33-51(7,8)34-26-22-18-14-16-20-24-28-36-53(11,12)40-50(55)57-48-37-43(5)29-32-46(48)42(3)4/h29-32,37-38,41-42H,13-28,33-36,39-40H2,1-12H3/q+3. The number of ether oxygens (including phenoxy) is 2. The number of carbonyl (C=O) groups excluding carboxylic acids is 2. The van der Waals surface area contributed by atoms with E-state index in [1.807, 2.05) is 32.0 Å². The number of unbranched alkanes of at least 4 members (excludes halogenated alkanes) is 14. The molecule has 0 saturated carbocycles. The largest absolute Gasteiger partial charge is 0.422 e. The summed E-state index contributed by atoms with van der Waals surface area (Å²) in [6.07, 6.45) is 20.7. The molecule has 0 N–H and O–H groups in total. The zero-order valence-electron chi connectivity index (χ0n) is 39.1. The first-order chi connectivity index (χ1) is 26.8. The van der Waals surface area contributed by atoms with E-state index >= 15 is 0 Å². The van der Waals surface area contributed by atoms with Gasteiger partial charge in [0.25, 0.3) is 0 Å². The van der Waals surface area contributed by atoms with E-state index in [9.17, 15) is 9.59 Å². The van der Waals surface area contributed by atoms with Crippen LogP contribution in [0.2, 0.25) is 0 Å². The molecule has 0 heterocycles. The van der Waals surface area contributed by atoms with Crippen LogP contribution in [0.3, 0.4) is 0 Å². The second kappa shape index (κ2) is 25.7. The Labute approximate surface area is 351 Å². The van der Waals surface area contributed by atoms with Gasteiger partial charge in [-0.25, -0.2) is 9.59 Å². The molecule has 0 fully saturated rings. The molecule has 2 aromatic carbocycles. The molecule has 0 aliphatic heterocycles. The van der Waals surface area contributed by atoms with Gasteiger partial charge in [0.2, 0.25) is 0 Å². The molecule has 57 heavy (non-hydrogen) atoms. The molecule has 0 aliphatic rings. The number of quaternary nitrogens is 3. The molecular formula is C50H88N3O4+3. The lowest BCUT2D eigenvalue weighted by Gasteiger charge is -2.30. The lowest BCUT2D eigenvalue weighted by Crippen LogP contribution is -2.45. The van der Waals surface area contributed by atoms with Crippen LogP contribution in [0.25, 0.3) is 0 Å². The van der Waals surface area contributed by atoms with Crippen LogP contribution in [0.15, 0.2) is 36.4 Å². The van der Waals surface area contributed by atoms with Crippen molar-refractivity contribution in [2.24, 2.45) is 0 Å². The highest BCUT2D eigenvalue weighted by molar-refractivity contribution is 5.74. The second-order valence-corrected chi connectivity index (χ2v) is 20.0. The maximum Gasteiger partial charge on any atom is 0.367 e. The van der Waals surface area contributed by atoms with Crippen LogP contribution in [-0.4, -0.2) is 107 Å². The van der Waals surface area contributed by atoms with Gasteiger partial charge in [-0.2, -0.15) is 0 Å². The molecule has 0 unspecified atom stereocenters. The summed E-state index contributed by atoms with van der Waals surface area (Å²) in [6, 6.07) is 12.3. The van der Waals surface area contributed by atoms with E-state index in [1.165, 1.54) is 109 Å². The van der Waals surface area contributed by atoms with E-state index in [2.05, 4.69) is 88.2 Å². The predicted octanol–water partition coefficient (Wildman–Crippen LogP) is 11.5. The maximum atomic E-state index is 12.8. The zero-order valence-corrected chi connectivity index (χ0v) is 39.1. The molecule has 2 rings (SSSR count). The minimum absolute atomic E-state index is 0.138. The van der Waals surface area contributed by atoms with Gasteiger partial charge in [0.05, 0.1) is 68.5 Å². The fraction of sp³-hybridized carbons (Fsp3) is 0.720. The van der Waals surface area contributed by atoms with Crippen LogP contribution in [0.5, 0.6) is 11.5 Å². The van der Waals surface area contributed by atoms with E-state index in [0.717, 1.165) is 52.9 Å². The molecule has 0 radical (unpaired) electrons. The van der Waals surface area contributed by atoms with Crippen LogP contribution < -0.4 is 9.47 Å². The molecule has 7 heteroatoms. The van der Waals surface area contributed by atoms with E-state index in [1.54, 1.807) is 0 Å². The second-order valence-electron chi connectivity index (χ2n) is 20.0. The summed E-state index contributed by atoms with van der Waals surface area (Å²) >= 11 is 0. The Bertz CT molecular complexity index is 1460. The Hall–Kier alpha value is -2.74. The number of rotatable bonds is 30. The highest BCUT2D eigenvalue weighted by Gasteiger charge is 2.24. The van der Waals surface area contributed by atoms with Gasteiger partial charge in [0.1, 0.15) is 11.5 Å². The van der Waals surface area contributed by atoms with Crippen LogP contribution in [-0.2, 0) is 9.59 Å². The van der Waals surface area contributed by atoms with E-state index in [0.29, 0.717) is 39.6 Å². The van der Waals surface area contributed by atoms with Crippen molar-refractivity contribution in [3.8, 4) is 11.5 Å². The minimum atomic E-state index is -0.141. The molecule has 7 nitrogen and oxygen atoms in total. The minimum Gasteiger partial charge on any atom is -0.422 e. The average Bonchev–Trinajstić information content (AvgIpc) is 3.10. The van der Waals surface area contributed by atoms with Crippen molar-refractivity contribution in [2.45, 2.75) is 156 Å². The number of esters is 2. The van der Waals surface area contributed by atoms with Gasteiger partial charge in [-0.1, -0.05) is 103 Å². The van der Waals surface area contributed by atoms with E-state index < -0.39 is 0 Å². The van der Waals surface area contributed by atoms with Crippen molar-refractivity contribution in [1.82, 2.24) is 0 Å². The monoisotopic (exact) mass is 795 g/mol. The van der Waals surface area contributed by atoms with Gasteiger partial charge in [-0.15, -0.1) is 0 Å². The first kappa shape index (κ1) is 50.4. The van der Waals surface area contributed by atoms with Crippen molar-refractivity contribution < 1.29 is 32.5 Å². The quantitative estimate of drug-likeness (QED) is 0.0342. The highest BCUT2D eigenvalue weighted by Crippen LogP contribution is 2.28. The Balaban J connectivity index is 1.43. The normalized spacial score (nSPS) is 12.5. The fourth-order valence-corrected chi connectivity index (χ4v) is 7.85. The third kappa shape index (κ3) is 22.3. The summed E-state index contributed by atoms with van der Waals surface area (Å²) in [5, 5.41) is 0. The van der Waals surface area contributed by atoms with Gasteiger partial charge in [-0.3, -0.25) is 0 Å². The smallest absolute Gasteiger partial charge is 0.367 e. The summed E-state index contributed by atoms with van der Waals surface area (Å²) in [5.41, 5.74) is 4.42.